The van der Waals surface area contributed by atoms with E-state index < -0.39 is 40.4 Å². The van der Waals surface area contributed by atoms with Crippen molar-refractivity contribution in [2.45, 2.75) is 38.9 Å². The van der Waals surface area contributed by atoms with Crippen molar-refractivity contribution in [1.29, 1.82) is 0 Å². The van der Waals surface area contributed by atoms with E-state index >= 15 is 0 Å². The minimum absolute atomic E-state index is 0.0748. The fraction of sp³-hybridized carbons (Fsp3) is 0.310. The quantitative estimate of drug-likeness (QED) is 0.342. The molecule has 11 heteroatoms. The second kappa shape index (κ2) is 13.7. The third kappa shape index (κ3) is 7.80. The van der Waals surface area contributed by atoms with Crippen molar-refractivity contribution in [2.24, 2.45) is 0 Å². The number of nitrogens with zero attached hydrogens (tertiary/aromatic N) is 3. The number of hydrogen-bond donors (Lipinski definition) is 1. The molecule has 0 fully saturated rings. The van der Waals surface area contributed by atoms with E-state index in [1.165, 1.54) is 37.2 Å². The van der Waals surface area contributed by atoms with Gasteiger partial charge >= 0.3 is 10.2 Å². The van der Waals surface area contributed by atoms with Gasteiger partial charge in [-0.25, -0.2) is 8.70 Å². The summed E-state index contributed by atoms with van der Waals surface area (Å²) < 4.78 is 43.1. The number of anilines is 1. The van der Waals surface area contributed by atoms with Crippen LogP contribution >= 0.6 is 11.6 Å². The van der Waals surface area contributed by atoms with Gasteiger partial charge in [0, 0.05) is 38.1 Å². The highest BCUT2D eigenvalue weighted by Gasteiger charge is 2.35. The van der Waals surface area contributed by atoms with Gasteiger partial charge in [-0.3, -0.25) is 9.59 Å². The summed E-state index contributed by atoms with van der Waals surface area (Å²) in [5.41, 5.74) is 1.09. The van der Waals surface area contributed by atoms with Crippen LogP contribution in [-0.2, 0) is 32.8 Å². The number of rotatable bonds is 12. The van der Waals surface area contributed by atoms with Gasteiger partial charge in [-0.1, -0.05) is 72.3 Å². The van der Waals surface area contributed by atoms with Crippen LogP contribution in [0, 0.1) is 5.82 Å². The molecule has 8 nitrogen and oxygen atoms in total. The van der Waals surface area contributed by atoms with Crippen molar-refractivity contribution in [3.05, 3.63) is 101 Å². The largest absolute Gasteiger partial charge is 0.352 e. The van der Waals surface area contributed by atoms with E-state index in [2.05, 4.69) is 5.32 Å². The summed E-state index contributed by atoms with van der Waals surface area (Å²) in [7, 11) is -1.71. The van der Waals surface area contributed by atoms with Crippen molar-refractivity contribution in [3.63, 3.8) is 0 Å². The number of para-hydroxylation sites is 1. The molecule has 0 aliphatic heterocycles. The van der Waals surface area contributed by atoms with Gasteiger partial charge < -0.3 is 10.2 Å². The number of carbonyl (C=O) groups is 2. The number of carbonyl (C=O) groups excluding carboxylic acids is 2. The molecular weight excluding hydrogens is 555 g/mol. The van der Waals surface area contributed by atoms with E-state index in [-0.39, 0.29) is 24.7 Å². The van der Waals surface area contributed by atoms with Gasteiger partial charge in [0.2, 0.25) is 11.8 Å². The predicted octanol–water partition coefficient (Wildman–Crippen LogP) is 4.26. The molecule has 1 N–H and O–H groups in total. The summed E-state index contributed by atoms with van der Waals surface area (Å²) in [6.45, 7) is 2.79. The Morgan fingerprint density at radius 2 is 1.52 bits per heavy atom. The van der Waals surface area contributed by atoms with E-state index in [1.54, 1.807) is 38.1 Å². The van der Waals surface area contributed by atoms with Crippen LogP contribution in [0.5, 0.6) is 0 Å². The Kier molecular flexibility index (Phi) is 10.7. The molecule has 0 aliphatic rings. The second-order valence-electron chi connectivity index (χ2n) is 9.73. The Balaban J connectivity index is 2.12. The van der Waals surface area contributed by atoms with E-state index in [0.717, 1.165) is 15.9 Å². The van der Waals surface area contributed by atoms with Crippen molar-refractivity contribution >= 4 is 39.3 Å². The van der Waals surface area contributed by atoms with Crippen molar-refractivity contribution in [2.75, 3.05) is 24.9 Å². The maximum atomic E-state index is 14.9. The molecule has 3 rings (SSSR count). The first-order valence-electron chi connectivity index (χ1n) is 12.7. The lowest BCUT2D eigenvalue weighted by molar-refractivity contribution is -0.140. The summed E-state index contributed by atoms with van der Waals surface area (Å²) in [6, 6.07) is 20.2. The average molecular weight is 589 g/mol. The van der Waals surface area contributed by atoms with Crippen LogP contribution in [-0.4, -0.2) is 62.2 Å². The molecule has 40 heavy (non-hydrogen) atoms. The zero-order valence-electron chi connectivity index (χ0n) is 22.9. The molecule has 0 radical (unpaired) electrons. The van der Waals surface area contributed by atoms with E-state index in [1.807, 2.05) is 30.3 Å². The fourth-order valence-corrected chi connectivity index (χ4v) is 5.36. The molecule has 1 atom stereocenters. The van der Waals surface area contributed by atoms with E-state index in [9.17, 15) is 22.4 Å². The van der Waals surface area contributed by atoms with Crippen LogP contribution in [0.15, 0.2) is 78.9 Å². The molecule has 0 saturated heterocycles. The second-order valence-corrected chi connectivity index (χ2v) is 12.2. The number of benzene rings is 3. The summed E-state index contributed by atoms with van der Waals surface area (Å²) in [4.78, 5) is 29.0. The van der Waals surface area contributed by atoms with Gasteiger partial charge in [0.25, 0.3) is 0 Å². The number of halogens is 2. The van der Waals surface area contributed by atoms with Crippen LogP contribution in [0.4, 0.5) is 10.1 Å². The molecule has 0 saturated carbocycles. The fourth-order valence-electron chi connectivity index (χ4n) is 4.10. The molecule has 3 aromatic rings. The van der Waals surface area contributed by atoms with Crippen molar-refractivity contribution in [1.82, 2.24) is 14.5 Å². The minimum Gasteiger partial charge on any atom is -0.352 e. The normalized spacial score (nSPS) is 12.3. The molecule has 0 bridgehead atoms. The van der Waals surface area contributed by atoms with Gasteiger partial charge in [0.15, 0.2) is 0 Å². The smallest absolute Gasteiger partial charge is 0.304 e. The third-order valence-corrected chi connectivity index (χ3v) is 8.31. The zero-order valence-corrected chi connectivity index (χ0v) is 24.5. The Bertz CT molecular complexity index is 1420. The number of nitrogens with one attached hydrogen (secondary N) is 1. The van der Waals surface area contributed by atoms with Gasteiger partial charge in [-0.15, -0.1) is 0 Å². The summed E-state index contributed by atoms with van der Waals surface area (Å²) >= 11 is 6.44. The van der Waals surface area contributed by atoms with E-state index in [0.29, 0.717) is 14.9 Å². The lowest BCUT2D eigenvalue weighted by Crippen LogP contribution is -2.55. The topological polar surface area (TPSA) is 90.0 Å². The molecule has 0 heterocycles. The molecule has 2 amide bonds. The molecule has 1 unspecified atom stereocenters. The lowest BCUT2D eigenvalue weighted by atomic mass is 10.0. The minimum atomic E-state index is -4.30. The first-order valence-corrected chi connectivity index (χ1v) is 14.5. The Hall–Kier alpha value is -3.47. The Labute approximate surface area is 240 Å². The first kappa shape index (κ1) is 31.1. The van der Waals surface area contributed by atoms with Crippen molar-refractivity contribution < 1.29 is 22.4 Å². The molecule has 0 aliphatic carbocycles. The summed E-state index contributed by atoms with van der Waals surface area (Å²) in [5.74, 6) is -1.92. The van der Waals surface area contributed by atoms with Crippen LogP contribution in [0.25, 0.3) is 0 Å². The van der Waals surface area contributed by atoms with Gasteiger partial charge in [0.05, 0.1) is 5.69 Å². The van der Waals surface area contributed by atoms with Gasteiger partial charge in [-0.05, 0) is 43.2 Å². The Morgan fingerprint density at radius 3 is 2.12 bits per heavy atom. The monoisotopic (exact) mass is 588 g/mol. The standard InChI is InChI=1S/C29H34ClFN4O4S/c1-21(2)32-29(37)27(18-22-12-6-5-7-13-22)34(19-23-14-8-9-15-24(23)30)28(36)20-35(40(38,39)33(3)4)26-17-11-10-16-25(26)31/h5-17,21,27H,18-20H2,1-4H3,(H,32,37). The molecule has 3 aromatic carbocycles. The lowest BCUT2D eigenvalue weighted by Gasteiger charge is -2.35. The molecule has 214 valence electrons. The van der Waals surface area contributed by atoms with Gasteiger partial charge in [0.1, 0.15) is 18.4 Å². The summed E-state index contributed by atoms with van der Waals surface area (Å²) in [5, 5.41) is 3.26. The van der Waals surface area contributed by atoms with Crippen LogP contribution in [0.2, 0.25) is 5.02 Å². The van der Waals surface area contributed by atoms with Crippen LogP contribution < -0.4 is 9.62 Å². The molecular formula is C29H34ClFN4O4S. The SMILES string of the molecule is CC(C)NC(=O)C(Cc1ccccc1)N(Cc1ccccc1Cl)C(=O)CN(c1ccccc1F)S(=O)(=O)N(C)C. The van der Waals surface area contributed by atoms with Crippen LogP contribution in [0.1, 0.15) is 25.0 Å². The average Bonchev–Trinajstić information content (AvgIpc) is 2.90. The third-order valence-electron chi connectivity index (χ3n) is 6.14. The molecule has 0 spiro atoms. The highest BCUT2D eigenvalue weighted by atomic mass is 35.5. The van der Waals surface area contributed by atoms with Crippen molar-refractivity contribution in [3.8, 4) is 0 Å². The van der Waals surface area contributed by atoms with E-state index in [4.69, 9.17) is 11.6 Å². The predicted molar refractivity (Wildman–Crippen MR) is 156 cm³/mol. The highest BCUT2D eigenvalue weighted by molar-refractivity contribution is 7.90. The first-order chi connectivity index (χ1) is 18.9. The Morgan fingerprint density at radius 1 is 0.925 bits per heavy atom. The zero-order chi connectivity index (χ0) is 29.4. The maximum absolute atomic E-state index is 14.9. The number of hydrogen-bond acceptors (Lipinski definition) is 4. The number of amides is 2. The summed E-state index contributed by atoms with van der Waals surface area (Å²) in [6.07, 6.45) is 0.162. The van der Waals surface area contributed by atoms with Gasteiger partial charge in [-0.2, -0.15) is 12.7 Å². The molecule has 0 aromatic heterocycles. The van der Waals surface area contributed by atoms with Crippen LogP contribution in [0.3, 0.4) is 0 Å². The maximum Gasteiger partial charge on any atom is 0.304 e. The highest BCUT2D eigenvalue weighted by Crippen LogP contribution is 2.25.